The number of halogens is 1. The summed E-state index contributed by atoms with van der Waals surface area (Å²) in [6.45, 7) is 3.65. The molecule has 0 aliphatic carbocycles. The van der Waals surface area contributed by atoms with Crippen LogP contribution in [0, 0.1) is 14.9 Å². The highest BCUT2D eigenvalue weighted by atomic mass is 127. The maximum Gasteiger partial charge on any atom is 0.257 e. The average molecular weight is 517 g/mol. The number of amides is 1. The lowest BCUT2D eigenvalue weighted by atomic mass is 10.0. The average Bonchev–Trinajstić information content (AvgIpc) is 2.86. The number of thiol groups is 1. The van der Waals surface area contributed by atoms with E-state index < -0.39 is 11.0 Å². The van der Waals surface area contributed by atoms with E-state index in [1.165, 1.54) is 16.7 Å². The molecule has 29 heavy (non-hydrogen) atoms. The van der Waals surface area contributed by atoms with E-state index in [2.05, 4.69) is 33.6 Å². The van der Waals surface area contributed by atoms with Gasteiger partial charge in [0, 0.05) is 27.7 Å². The van der Waals surface area contributed by atoms with Crippen molar-refractivity contribution in [2.45, 2.75) is 24.9 Å². The molecule has 9 heteroatoms. The highest BCUT2D eigenvalue weighted by Crippen LogP contribution is 2.40. The van der Waals surface area contributed by atoms with Gasteiger partial charge in [-0.3, -0.25) is 18.9 Å². The Balaban J connectivity index is 1.82. The lowest BCUT2D eigenvalue weighted by Gasteiger charge is -2.33. The second-order valence-corrected chi connectivity index (χ2v) is 8.75. The molecule has 3 aromatic rings. The van der Waals surface area contributed by atoms with E-state index in [1.807, 2.05) is 24.8 Å². The summed E-state index contributed by atoms with van der Waals surface area (Å²) in [5.74, 6) is -0.128. The van der Waals surface area contributed by atoms with Crippen LogP contribution in [0.5, 0.6) is 0 Å². The third-order valence-electron chi connectivity index (χ3n) is 5.01. The normalized spacial score (nSPS) is 18.3. The smallest absolute Gasteiger partial charge is 0.257 e. The van der Waals surface area contributed by atoms with Gasteiger partial charge in [0.2, 0.25) is 0 Å². The molecule has 1 aromatic carbocycles. The van der Waals surface area contributed by atoms with E-state index in [9.17, 15) is 9.59 Å². The number of anilines is 2. The molecule has 1 atom stereocenters. The second-order valence-electron chi connectivity index (χ2n) is 7.13. The molecule has 1 aliphatic heterocycles. The van der Waals surface area contributed by atoms with Crippen LogP contribution in [0.25, 0.3) is 5.65 Å². The Morgan fingerprint density at radius 2 is 1.90 bits per heavy atom. The predicted molar refractivity (Wildman–Crippen MR) is 122 cm³/mol. The molecular weight excluding hydrogens is 501 g/mol. The third-order valence-corrected chi connectivity index (χ3v) is 6.36. The molecule has 3 heterocycles. The molecule has 0 saturated carbocycles. The Bertz CT molecular complexity index is 1250. The van der Waals surface area contributed by atoms with Gasteiger partial charge >= 0.3 is 0 Å². The standard InChI is InChI=1S/C20H16IN5O2S/c1-20(2)18(28)25(13-4-3-12(10-22)15(21)9-13)19(29)26(20)14-5-6-16-23-8-7-17(27)24(16)11-14/h3-9,11,19,29H,1-2H3. The largest absolute Gasteiger partial charge is 0.327 e. The molecule has 1 amide bonds. The van der Waals surface area contributed by atoms with E-state index in [4.69, 9.17) is 17.9 Å². The molecule has 1 saturated heterocycles. The number of carbonyl (C=O) groups excluding carboxylic acids is 1. The number of hydrogen-bond donors (Lipinski definition) is 1. The topological polar surface area (TPSA) is 81.7 Å². The highest BCUT2D eigenvalue weighted by molar-refractivity contribution is 14.1. The Morgan fingerprint density at radius 3 is 2.59 bits per heavy atom. The van der Waals surface area contributed by atoms with Gasteiger partial charge in [0.25, 0.3) is 11.5 Å². The molecule has 0 N–H and O–H groups in total. The van der Waals surface area contributed by atoms with Gasteiger partial charge in [-0.15, -0.1) is 12.6 Å². The Labute approximate surface area is 186 Å². The van der Waals surface area contributed by atoms with Crippen LogP contribution in [0.1, 0.15) is 19.4 Å². The van der Waals surface area contributed by atoms with Crippen LogP contribution in [-0.4, -0.2) is 26.3 Å². The first-order valence-electron chi connectivity index (χ1n) is 8.74. The van der Waals surface area contributed by atoms with Crippen molar-refractivity contribution in [3.8, 4) is 6.07 Å². The number of hydrogen-bond acceptors (Lipinski definition) is 6. The summed E-state index contributed by atoms with van der Waals surface area (Å²) in [5.41, 5.74) is 0.726. The molecule has 4 rings (SSSR count). The van der Waals surface area contributed by atoms with Gasteiger partial charge in [-0.05, 0) is 66.8 Å². The number of nitrogens with zero attached hydrogens (tertiary/aromatic N) is 5. The van der Waals surface area contributed by atoms with E-state index >= 15 is 0 Å². The van der Waals surface area contributed by atoms with Gasteiger partial charge in [-0.1, -0.05) is 0 Å². The molecule has 1 aliphatic rings. The van der Waals surface area contributed by atoms with Gasteiger partial charge < -0.3 is 4.90 Å². The van der Waals surface area contributed by atoms with Gasteiger partial charge in [0.05, 0.1) is 11.3 Å². The molecule has 0 radical (unpaired) electrons. The number of rotatable bonds is 2. The summed E-state index contributed by atoms with van der Waals surface area (Å²) in [4.78, 5) is 33.2. The molecule has 1 fully saturated rings. The monoisotopic (exact) mass is 517 g/mol. The van der Waals surface area contributed by atoms with Crippen LogP contribution in [-0.2, 0) is 4.79 Å². The first kappa shape index (κ1) is 19.7. The summed E-state index contributed by atoms with van der Waals surface area (Å²) < 4.78 is 2.21. The minimum Gasteiger partial charge on any atom is -0.327 e. The van der Waals surface area contributed by atoms with Crippen molar-refractivity contribution in [1.29, 1.82) is 5.26 Å². The maximum atomic E-state index is 13.3. The number of aromatic nitrogens is 2. The van der Waals surface area contributed by atoms with Crippen molar-refractivity contribution in [3.05, 3.63) is 68.3 Å². The van der Waals surface area contributed by atoms with Crippen molar-refractivity contribution in [2.24, 2.45) is 0 Å². The van der Waals surface area contributed by atoms with Gasteiger partial charge in [-0.25, -0.2) is 4.98 Å². The van der Waals surface area contributed by atoms with Crippen LogP contribution in [0.4, 0.5) is 11.4 Å². The molecule has 0 spiro atoms. The summed E-state index contributed by atoms with van der Waals surface area (Å²) in [6.07, 6.45) is 3.14. The SMILES string of the molecule is CC1(C)C(=O)N(c2ccc(C#N)c(I)c2)C(S)N1c1ccc2nccc(=O)n2c1. The zero-order valence-electron chi connectivity index (χ0n) is 15.6. The number of nitriles is 1. The zero-order chi connectivity index (χ0) is 20.9. The van der Waals surface area contributed by atoms with Crippen LogP contribution in [0.3, 0.4) is 0 Å². The molecule has 0 bridgehead atoms. The predicted octanol–water partition coefficient (Wildman–Crippen LogP) is 3.02. The number of benzene rings is 1. The van der Waals surface area contributed by atoms with Gasteiger partial charge in [0.15, 0.2) is 5.50 Å². The first-order chi connectivity index (χ1) is 13.8. The molecular formula is C20H16IN5O2S. The Hall–Kier alpha value is -2.58. The third kappa shape index (κ3) is 3.07. The Morgan fingerprint density at radius 1 is 1.17 bits per heavy atom. The first-order valence-corrected chi connectivity index (χ1v) is 10.3. The van der Waals surface area contributed by atoms with Gasteiger partial charge in [-0.2, -0.15) is 5.26 Å². The second kappa shape index (κ2) is 7.03. The maximum absolute atomic E-state index is 13.3. The van der Waals surface area contributed by atoms with Crippen LogP contribution >= 0.6 is 35.2 Å². The lowest BCUT2D eigenvalue weighted by molar-refractivity contribution is -0.120. The van der Waals surface area contributed by atoms with Crippen molar-refractivity contribution in [1.82, 2.24) is 9.38 Å². The fourth-order valence-corrected chi connectivity index (χ4v) is 4.80. The van der Waals surface area contributed by atoms with E-state index in [0.717, 1.165) is 3.57 Å². The summed E-state index contributed by atoms with van der Waals surface area (Å²) in [7, 11) is 0. The lowest BCUT2D eigenvalue weighted by Crippen LogP contribution is -2.45. The van der Waals surface area contributed by atoms with Crippen LogP contribution in [0.2, 0.25) is 0 Å². The van der Waals surface area contributed by atoms with Crippen molar-refractivity contribution in [2.75, 3.05) is 9.80 Å². The Kier molecular flexibility index (Phi) is 4.78. The fraction of sp³-hybridized carbons (Fsp3) is 0.200. The van der Waals surface area contributed by atoms with E-state index in [1.54, 1.807) is 35.4 Å². The quantitative estimate of drug-likeness (QED) is 0.418. The molecule has 146 valence electrons. The number of carbonyl (C=O) groups is 1. The van der Waals surface area contributed by atoms with Crippen molar-refractivity contribution in [3.63, 3.8) is 0 Å². The zero-order valence-corrected chi connectivity index (χ0v) is 18.6. The van der Waals surface area contributed by atoms with Crippen molar-refractivity contribution >= 4 is 58.1 Å². The summed E-state index contributed by atoms with van der Waals surface area (Å²) in [6, 6.07) is 12.3. The highest BCUT2D eigenvalue weighted by Gasteiger charge is 2.51. The summed E-state index contributed by atoms with van der Waals surface area (Å²) in [5, 5.41) is 9.17. The van der Waals surface area contributed by atoms with Crippen LogP contribution in [0.15, 0.2) is 53.6 Å². The van der Waals surface area contributed by atoms with Crippen molar-refractivity contribution < 1.29 is 4.79 Å². The number of pyridine rings is 1. The molecule has 1 unspecified atom stereocenters. The van der Waals surface area contributed by atoms with E-state index in [0.29, 0.717) is 22.6 Å². The molecule has 7 nitrogen and oxygen atoms in total. The van der Waals surface area contributed by atoms with Gasteiger partial charge in [0.1, 0.15) is 17.3 Å². The minimum atomic E-state index is -0.898. The summed E-state index contributed by atoms with van der Waals surface area (Å²) >= 11 is 6.82. The minimum absolute atomic E-state index is 0.128. The van der Waals surface area contributed by atoms with E-state index in [-0.39, 0.29) is 11.5 Å². The fourth-order valence-electron chi connectivity index (χ4n) is 3.52. The van der Waals surface area contributed by atoms with Crippen LogP contribution < -0.4 is 15.4 Å². The molecule has 2 aromatic heterocycles. The number of fused-ring (bicyclic) bond motifs is 1.